The topological polar surface area (TPSA) is 539 Å². The number of aromatic nitrogens is 14. The summed E-state index contributed by atoms with van der Waals surface area (Å²) in [6.07, 6.45) is 4.44. The van der Waals surface area contributed by atoms with Crippen LogP contribution in [0.25, 0.3) is 44.4 Å². The van der Waals surface area contributed by atoms with E-state index in [1.807, 2.05) is 27.7 Å². The predicted octanol–water partition coefficient (Wildman–Crippen LogP) is 14.0. The molecule has 17 atom stereocenters. The van der Waals surface area contributed by atoms with E-state index in [0.717, 1.165) is 56.9 Å². The number of anilines is 2. The van der Waals surface area contributed by atoms with Crippen molar-refractivity contribution in [3.8, 4) is 0 Å². The summed E-state index contributed by atoms with van der Waals surface area (Å²) in [5.41, 5.74) is 4.23. The number of nitrogens with zero attached hydrogens (tertiary/aromatic N) is 13. The maximum Gasteiger partial charge on any atom is 0.340 e. The molecule has 0 amide bonds. The maximum absolute atomic E-state index is 11.9. The van der Waals surface area contributed by atoms with E-state index >= 15 is 0 Å². The van der Waals surface area contributed by atoms with Crippen LogP contribution in [0.1, 0.15) is 131 Å². The molecular formula is C68H97BCl10N16O23P4SiU. The molecule has 11 N–H and O–H groups in total. The van der Waals surface area contributed by atoms with Gasteiger partial charge in [-0.25, -0.2) is 34.9 Å². The van der Waals surface area contributed by atoms with Crippen molar-refractivity contribution in [2.24, 2.45) is 11.8 Å². The van der Waals surface area contributed by atoms with E-state index in [1.165, 1.54) is 61.5 Å². The van der Waals surface area contributed by atoms with Crippen molar-refractivity contribution in [3.63, 3.8) is 0 Å². The van der Waals surface area contributed by atoms with Gasteiger partial charge in [-0.3, -0.25) is 41.8 Å². The van der Waals surface area contributed by atoms with Crippen LogP contribution in [0.15, 0.2) is 37.4 Å². The Morgan fingerprint density at radius 3 is 1.51 bits per heavy atom. The van der Waals surface area contributed by atoms with Crippen molar-refractivity contribution in [2.45, 2.75) is 237 Å². The molecule has 56 heteroatoms. The Kier molecular flexibility index (Phi) is 41.9. The Bertz CT molecular complexity index is 5080. The molecule has 4 aliphatic heterocycles. The zero-order valence-corrected chi connectivity index (χ0v) is 84.7. The summed E-state index contributed by atoms with van der Waals surface area (Å²) < 4.78 is 96.7. The number of carbonyl (C=O) groups is 3. The molecule has 14 rings (SSSR count). The van der Waals surface area contributed by atoms with Crippen molar-refractivity contribution in [1.29, 1.82) is 1.34 Å². The number of aromatic amines is 1. The number of fused-ring (bicyclic) bond motifs is 4. The monoisotopic (exact) mass is 2260 g/mol. The number of aliphatic hydroxyl groups is 5. The molecular weight excluding hydrogens is 2160 g/mol. The zero-order chi connectivity index (χ0) is 92.6. The molecule has 2 unspecified atom stereocenters. The van der Waals surface area contributed by atoms with Gasteiger partial charge in [-0.15, -0.1) is 0 Å². The zero-order valence-electron chi connectivity index (χ0n) is 69.4. The summed E-state index contributed by atoms with van der Waals surface area (Å²) in [4.78, 5) is 105. The maximum atomic E-state index is 11.9. The Hall–Kier alpha value is -3.02. The number of H-pyrrole nitrogens is 1. The van der Waals surface area contributed by atoms with E-state index in [2.05, 4.69) is 100 Å². The average molecular weight is 2260 g/mol. The number of aliphatic hydroxyl groups excluding tert-OH is 5. The van der Waals surface area contributed by atoms with Crippen LogP contribution in [0.4, 0.5) is 11.6 Å². The van der Waals surface area contributed by atoms with Crippen LogP contribution in [0, 0.1) is 42.9 Å². The Morgan fingerprint density at radius 1 is 0.565 bits per heavy atom. The molecule has 2 aliphatic carbocycles. The van der Waals surface area contributed by atoms with Gasteiger partial charge in [0.2, 0.25) is 16.9 Å². The van der Waals surface area contributed by atoms with Crippen LogP contribution in [0.2, 0.25) is 57.4 Å². The third-order valence-electron chi connectivity index (χ3n) is 18.9. The molecule has 2 saturated carbocycles. The van der Waals surface area contributed by atoms with Gasteiger partial charge >= 0.3 is 33.1 Å². The number of nitrogens with one attached hydrogen (secondary N) is 3. The molecule has 39 nitrogen and oxygen atoms in total. The SMILES string of the molecule is CC[C@H]1OC(OC(C)=O)[C@H](OC(C)=O)[C@@H]1C.CC[C@H]1O[C@@H](n2cnc3c(Cl)nc(Cl)nc32)[C@H](OC(C)=O)[C@@H]1C.C[Si](C)(C)C.Clc1cc2[nH]cnc2c(Cl)n1.O=P(Cl)(Cl)CP(=O)(Cl)Cl.O=P(O)(O)CP(=O)(O)OC[C@H]1O[C@@H](n2cnc3c(NC4CCCC4)nc(Cl)cc32)[C@H](O)[C@@H]1O.OC[C@H]1O[C@@H](n2cnc3c(NC4CCCC4)nc(Cl)nc32)[C@H](O)[C@@H]1O.[2H][B].[U]. The molecule has 12 heterocycles. The molecule has 8 aromatic heterocycles. The van der Waals surface area contributed by atoms with Gasteiger partial charge in [-0.1, -0.05) is 126 Å². The van der Waals surface area contributed by atoms with Crippen LogP contribution in [0.5, 0.6) is 0 Å². The van der Waals surface area contributed by atoms with Gasteiger partial charge in [0.15, 0.2) is 75.5 Å². The number of rotatable bonds is 20. The third kappa shape index (κ3) is 31.9. The van der Waals surface area contributed by atoms with E-state index in [-0.39, 0.29) is 88.0 Å². The second kappa shape index (κ2) is 48.1. The quantitative estimate of drug-likeness (QED) is 0.00642. The van der Waals surface area contributed by atoms with Crippen LogP contribution in [0.3, 0.4) is 0 Å². The van der Waals surface area contributed by atoms with E-state index in [1.54, 1.807) is 23.3 Å². The molecule has 6 fully saturated rings. The second-order valence-corrected chi connectivity index (χ2v) is 53.7. The fraction of sp³-hybridized carbons (Fsp3) is 0.632. The van der Waals surface area contributed by atoms with Gasteiger partial charge in [0.25, 0.3) is 11.7 Å². The van der Waals surface area contributed by atoms with Crippen LogP contribution in [-0.4, -0.2) is 249 Å². The van der Waals surface area contributed by atoms with Crippen molar-refractivity contribution in [2.75, 3.05) is 35.7 Å². The summed E-state index contributed by atoms with van der Waals surface area (Å²) in [5, 5.41) is 58.2. The Balaban J connectivity index is 0.000000238. The van der Waals surface area contributed by atoms with E-state index in [0.29, 0.717) is 66.9 Å². The van der Waals surface area contributed by atoms with Gasteiger partial charge in [-0.2, -0.15) is 15.0 Å². The fourth-order valence-corrected chi connectivity index (χ4v) is 26.3. The van der Waals surface area contributed by atoms with Gasteiger partial charge < -0.3 is 98.1 Å². The third-order valence-corrected chi connectivity index (χ3v) is 30.1. The van der Waals surface area contributed by atoms with E-state index in [9.17, 15) is 63.1 Å². The van der Waals surface area contributed by atoms with Crippen LogP contribution in [-0.2, 0) is 70.3 Å². The first-order valence-corrected chi connectivity index (χ1v) is 55.2. The van der Waals surface area contributed by atoms with Gasteiger partial charge in [-0.05, 0) is 108 Å². The minimum atomic E-state index is -4.80. The predicted molar refractivity (Wildman–Crippen MR) is 470 cm³/mol. The molecule has 6 aliphatic rings. The standard InChI is InChI=1S/C17H25ClN4O9P2.C15H20ClN5O4.C14H16Cl2N4O3.C11H18O5.C6H3Cl2N3.C4H12Si.CH2Cl4O2P2.BH.U/c18-12-5-10-13(16(21-12)20-9-3-1-2-4-9)19-7-22(10)17-15(24)14(23)11(31-17)6-30-33(28,29)8-32(25,26)27;16-15-19-12(18-7-3-1-2-4-7)9-13(20-15)21(6-17-9)14-11(24)10(23)8(5-22)25-14;1-4-8-6(2)10(22-7(3)21)13(23-8)20-5-17-9-11(15)18-14(16)19-12(9)20;1-5-9-6(2)10(14-7(3)12)11(16-9)15-8(4)13;7-4-1-3-5(6(8)11-4)10-2-9-3;1-5(2,3)4;2-8(3,6)1-9(4,5)7;;/h5,7,9,11,14-15,17,23-24H,1-4,6,8H2,(H,20,21)(H,28,29)(H2,25,26,27);6-8,10-11,14,22-24H,1-5H2,(H,18,19,20);5-6,8,10,13H,4H2,1-3H3;6,9-11H,5H2,1-4H3;1-2H,(H,9,10);1-4H3;1H2;1H;/t11-,14-,15-,17-;8-,10-,11-,14-;6-,8-,10-,13-;6-,9-,10-,11?;;;;;/m1111...../s1/i;;;;;;;1D;. The number of halogens is 10. The summed E-state index contributed by atoms with van der Waals surface area (Å²) in [6.45, 7) is 20.2. The minimum absolute atomic E-state index is 0. The summed E-state index contributed by atoms with van der Waals surface area (Å²) in [7, 11) is -6.31. The molecule has 0 bridgehead atoms. The number of pyridine rings is 2. The average Bonchev–Trinajstić information content (AvgIpc) is 1.65. The Labute approximate surface area is 789 Å². The fourth-order valence-electron chi connectivity index (χ4n) is 13.6. The van der Waals surface area contributed by atoms with Gasteiger partial charge in [0.05, 0.1) is 61.8 Å². The van der Waals surface area contributed by atoms with Crippen LogP contribution < -0.4 is 10.6 Å². The minimum Gasteiger partial charge on any atom is -0.457 e. The summed E-state index contributed by atoms with van der Waals surface area (Å²) in [6, 6.07) is 3.80. The Morgan fingerprint density at radius 2 is 1.00 bits per heavy atom. The van der Waals surface area contributed by atoms with Crippen LogP contribution >= 0.6 is 141 Å². The molecule has 4 saturated heterocycles. The summed E-state index contributed by atoms with van der Waals surface area (Å²) in [5.74, 6) is -8.73. The van der Waals surface area contributed by atoms with Gasteiger partial charge in [0.1, 0.15) is 69.4 Å². The number of esters is 3. The number of ether oxygens (including phenoxy) is 7. The largest absolute Gasteiger partial charge is 0.457 e. The van der Waals surface area contributed by atoms with Gasteiger partial charge in [0, 0.05) is 104 Å². The first kappa shape index (κ1) is 108. The molecule has 124 heavy (non-hydrogen) atoms. The van der Waals surface area contributed by atoms with Crippen molar-refractivity contribution >= 4 is 232 Å². The van der Waals surface area contributed by atoms with E-state index < -0.39 is 146 Å². The first-order valence-electron chi connectivity index (χ1n) is 38.6. The molecule has 688 valence electrons. The molecule has 8 aromatic rings. The first-order chi connectivity index (χ1) is 57.9. The molecule has 0 aromatic carbocycles. The van der Waals surface area contributed by atoms with Crippen molar-refractivity contribution in [1.82, 2.24) is 68.5 Å². The molecule has 2 radical (unpaired) electrons. The summed E-state index contributed by atoms with van der Waals surface area (Å²) >= 11 is 55.6. The van der Waals surface area contributed by atoms with Crippen molar-refractivity contribution < 1.29 is 142 Å². The van der Waals surface area contributed by atoms with E-state index in [4.69, 9.17) is 163 Å². The number of hydrogen-bond donors (Lipinski definition) is 11. The smallest absolute Gasteiger partial charge is 0.340 e. The normalized spacial score (nSPS) is 25.6. The molecule has 0 spiro atoms. The second-order valence-electron chi connectivity index (χ2n) is 30.6. The van der Waals surface area contributed by atoms with Crippen molar-refractivity contribution in [3.05, 3.63) is 68.6 Å². The number of imidazole rings is 4. The number of carbonyl (C=O) groups excluding carboxylic acids is 3. The number of hydrogen-bond acceptors (Lipinski definition) is 32.